The van der Waals surface area contributed by atoms with Crippen LogP contribution in [0.15, 0.2) is 52.8 Å². The quantitative estimate of drug-likeness (QED) is 0.192. The molecule has 184 valence electrons. The highest BCUT2D eigenvalue weighted by Crippen LogP contribution is 2.40. The fourth-order valence-electron chi connectivity index (χ4n) is 3.77. The van der Waals surface area contributed by atoms with E-state index < -0.39 is 29.2 Å². The van der Waals surface area contributed by atoms with Crippen LogP contribution in [0.1, 0.15) is 5.56 Å². The smallest absolute Gasteiger partial charge is 0.352 e. The van der Waals surface area contributed by atoms with Gasteiger partial charge in [0.25, 0.3) is 5.91 Å². The van der Waals surface area contributed by atoms with Crippen molar-refractivity contribution in [1.82, 2.24) is 10.2 Å². The molecule has 2 aliphatic heterocycles. The molecule has 1 aromatic carbocycles. The van der Waals surface area contributed by atoms with E-state index in [0.717, 1.165) is 11.8 Å². The SMILES string of the molecule is O=C(CSc1cc(Cl)c(Cl)cc1Cl)N[C@H]1C(=O)N2C(C(=O)O)=C(C[n+]3cccc(CO)c3)CS[C@H]12. The lowest BCUT2D eigenvalue weighted by Crippen LogP contribution is -2.71. The lowest BCUT2D eigenvalue weighted by molar-refractivity contribution is -0.689. The normalized spacial score (nSPS) is 19.3. The molecular weight excluding hydrogens is 557 g/mol. The van der Waals surface area contributed by atoms with Gasteiger partial charge in [-0.1, -0.05) is 34.8 Å². The number of carbonyl (C=O) groups is 3. The molecule has 0 saturated carbocycles. The largest absolute Gasteiger partial charge is 0.477 e. The van der Waals surface area contributed by atoms with E-state index in [-0.39, 0.29) is 24.6 Å². The van der Waals surface area contributed by atoms with Gasteiger partial charge in [-0.15, -0.1) is 23.5 Å². The van der Waals surface area contributed by atoms with Gasteiger partial charge in [-0.3, -0.25) is 14.5 Å². The number of aromatic nitrogens is 1. The molecule has 3 N–H and O–H groups in total. The Balaban J connectivity index is 1.42. The number of thioether (sulfide) groups is 2. The van der Waals surface area contributed by atoms with Crippen LogP contribution in [0.3, 0.4) is 0 Å². The third-order valence-electron chi connectivity index (χ3n) is 5.38. The van der Waals surface area contributed by atoms with Crippen molar-refractivity contribution in [2.24, 2.45) is 0 Å². The molecule has 0 radical (unpaired) electrons. The standard InChI is InChI=1S/C22H18Cl3N3O5S2/c23-13-4-15(25)16(5-14(13)24)34-10-17(30)26-18-20(31)28-19(22(32)33)12(9-35-21(18)28)7-27-3-1-2-11(6-27)8-29/h1-6,18,21,29H,7-10H2,(H-,26,30,32,33)/p+1/t18-,21+/m0/s1. The van der Waals surface area contributed by atoms with Crippen molar-refractivity contribution in [3.8, 4) is 0 Å². The zero-order chi connectivity index (χ0) is 25.3. The van der Waals surface area contributed by atoms with Crippen LogP contribution in [-0.4, -0.2) is 55.8 Å². The van der Waals surface area contributed by atoms with Crippen molar-refractivity contribution in [2.75, 3.05) is 11.5 Å². The van der Waals surface area contributed by atoms with E-state index in [2.05, 4.69) is 5.32 Å². The first kappa shape index (κ1) is 26.1. The molecule has 0 aliphatic carbocycles. The summed E-state index contributed by atoms with van der Waals surface area (Å²) in [6.07, 6.45) is 3.49. The number of carboxylic acids is 1. The molecule has 0 spiro atoms. The summed E-state index contributed by atoms with van der Waals surface area (Å²) in [5.41, 5.74) is 1.19. The van der Waals surface area contributed by atoms with Crippen molar-refractivity contribution < 1.29 is 29.2 Å². The lowest BCUT2D eigenvalue weighted by Gasteiger charge is -2.49. The van der Waals surface area contributed by atoms with Gasteiger partial charge < -0.3 is 15.5 Å². The molecule has 1 aromatic heterocycles. The summed E-state index contributed by atoms with van der Waals surface area (Å²) in [7, 11) is 0. The predicted molar refractivity (Wildman–Crippen MR) is 134 cm³/mol. The zero-order valence-electron chi connectivity index (χ0n) is 17.9. The fourth-order valence-corrected chi connectivity index (χ4v) is 6.65. The number of amides is 2. The van der Waals surface area contributed by atoms with Crippen LogP contribution in [0.4, 0.5) is 0 Å². The molecule has 0 bridgehead atoms. The lowest BCUT2D eigenvalue weighted by atomic mass is 10.0. The van der Waals surface area contributed by atoms with Gasteiger partial charge in [-0.05, 0) is 18.2 Å². The number of carboxylic acid groups (broad SMARTS) is 1. The first-order valence-corrected chi connectivity index (χ1v) is 13.4. The van der Waals surface area contributed by atoms with E-state index >= 15 is 0 Å². The first-order chi connectivity index (χ1) is 16.7. The Morgan fingerprint density at radius 3 is 2.69 bits per heavy atom. The Bertz CT molecular complexity index is 1240. The Hall–Kier alpha value is -1.95. The second-order valence-electron chi connectivity index (χ2n) is 7.74. The molecule has 1 fully saturated rings. The summed E-state index contributed by atoms with van der Waals surface area (Å²) in [5.74, 6) is -1.70. The number of hydrogen-bond donors (Lipinski definition) is 3. The minimum absolute atomic E-state index is 0.0104. The van der Waals surface area contributed by atoms with Crippen LogP contribution in [0.2, 0.25) is 15.1 Å². The summed E-state index contributed by atoms with van der Waals surface area (Å²) >= 11 is 20.6. The van der Waals surface area contributed by atoms with E-state index in [9.17, 15) is 24.6 Å². The summed E-state index contributed by atoms with van der Waals surface area (Å²) in [6.45, 7) is 0.126. The van der Waals surface area contributed by atoms with Crippen LogP contribution in [0, 0.1) is 0 Å². The maximum absolute atomic E-state index is 12.9. The second kappa shape index (κ2) is 11.0. The monoisotopic (exact) mass is 574 g/mol. The van der Waals surface area contributed by atoms with Gasteiger partial charge in [-0.25, -0.2) is 9.36 Å². The number of nitrogens with zero attached hydrogens (tertiary/aromatic N) is 2. The Kier molecular flexibility index (Phi) is 8.19. The highest BCUT2D eigenvalue weighted by molar-refractivity contribution is 8.00. The summed E-state index contributed by atoms with van der Waals surface area (Å²) < 4.78 is 1.76. The number of rotatable bonds is 8. The number of hydrogen-bond acceptors (Lipinski definition) is 6. The number of halogens is 3. The number of aliphatic hydroxyl groups excluding tert-OH is 1. The van der Waals surface area contributed by atoms with E-state index in [1.165, 1.54) is 22.7 Å². The maximum Gasteiger partial charge on any atom is 0.352 e. The minimum atomic E-state index is -1.20. The average Bonchev–Trinajstić information content (AvgIpc) is 2.83. The summed E-state index contributed by atoms with van der Waals surface area (Å²) in [6, 6.07) is 5.76. The number of carbonyl (C=O) groups excluding carboxylic acids is 2. The topological polar surface area (TPSA) is 111 Å². The maximum atomic E-state index is 12.9. The van der Waals surface area contributed by atoms with E-state index in [4.69, 9.17) is 34.8 Å². The van der Waals surface area contributed by atoms with Gasteiger partial charge in [0.2, 0.25) is 5.91 Å². The minimum Gasteiger partial charge on any atom is -0.477 e. The van der Waals surface area contributed by atoms with Crippen LogP contribution in [0.5, 0.6) is 0 Å². The number of nitrogens with one attached hydrogen (secondary N) is 1. The third kappa shape index (κ3) is 5.58. The Morgan fingerprint density at radius 2 is 1.97 bits per heavy atom. The van der Waals surface area contributed by atoms with Gasteiger partial charge in [0, 0.05) is 27.9 Å². The van der Waals surface area contributed by atoms with Gasteiger partial charge in [0.05, 0.1) is 27.4 Å². The van der Waals surface area contributed by atoms with E-state index in [1.54, 1.807) is 35.2 Å². The van der Waals surface area contributed by atoms with Crippen molar-refractivity contribution >= 4 is 76.1 Å². The van der Waals surface area contributed by atoms with Gasteiger partial charge in [-0.2, -0.15) is 0 Å². The molecule has 8 nitrogen and oxygen atoms in total. The highest BCUT2D eigenvalue weighted by Gasteiger charge is 2.54. The highest BCUT2D eigenvalue weighted by atomic mass is 35.5. The second-order valence-corrected chi connectivity index (χ2v) is 11.1. The van der Waals surface area contributed by atoms with Gasteiger partial charge in [0.15, 0.2) is 18.9 Å². The number of aliphatic hydroxyl groups is 1. The van der Waals surface area contributed by atoms with Crippen LogP contribution >= 0.6 is 58.3 Å². The van der Waals surface area contributed by atoms with Crippen molar-refractivity contribution in [3.05, 3.63) is 68.6 Å². The predicted octanol–water partition coefficient (Wildman–Crippen LogP) is 2.96. The molecule has 2 aromatic rings. The van der Waals surface area contributed by atoms with Crippen LogP contribution in [-0.2, 0) is 27.5 Å². The average molecular weight is 576 g/mol. The molecular formula is C22H19Cl3N3O5S2+. The Morgan fingerprint density at radius 1 is 1.23 bits per heavy atom. The van der Waals surface area contributed by atoms with E-state index in [1.807, 2.05) is 0 Å². The number of benzene rings is 1. The number of β-lactam (4-membered cyclic amide) rings is 1. The number of fused-ring (bicyclic) bond motifs is 1. The fraction of sp³-hybridized carbons (Fsp3) is 0.273. The van der Waals surface area contributed by atoms with E-state index in [0.29, 0.717) is 36.9 Å². The molecule has 4 rings (SSSR count). The molecule has 13 heteroatoms. The van der Waals surface area contributed by atoms with Crippen molar-refractivity contribution in [3.63, 3.8) is 0 Å². The van der Waals surface area contributed by atoms with Crippen molar-refractivity contribution in [2.45, 2.75) is 29.5 Å². The molecule has 2 amide bonds. The van der Waals surface area contributed by atoms with Crippen LogP contribution in [0.25, 0.3) is 0 Å². The molecule has 35 heavy (non-hydrogen) atoms. The first-order valence-electron chi connectivity index (χ1n) is 10.2. The number of aliphatic carboxylic acids is 1. The summed E-state index contributed by atoms with van der Waals surface area (Å²) in [5, 5.41) is 22.3. The molecule has 3 heterocycles. The Labute approximate surface area is 224 Å². The molecule has 2 atom stereocenters. The van der Waals surface area contributed by atoms with Crippen LogP contribution < -0.4 is 9.88 Å². The molecule has 0 unspecified atom stereocenters. The van der Waals surface area contributed by atoms with Gasteiger partial charge >= 0.3 is 5.97 Å². The third-order valence-corrected chi connectivity index (χ3v) is 8.92. The molecule has 1 saturated heterocycles. The molecule has 2 aliphatic rings. The summed E-state index contributed by atoms with van der Waals surface area (Å²) in [4.78, 5) is 39.2. The zero-order valence-corrected chi connectivity index (χ0v) is 21.8. The van der Waals surface area contributed by atoms with Gasteiger partial charge in [0.1, 0.15) is 17.1 Å². The van der Waals surface area contributed by atoms with Crippen molar-refractivity contribution in [1.29, 1.82) is 0 Å². The number of pyridine rings is 1.